The minimum absolute atomic E-state index is 0.0900. The Balaban J connectivity index is 0.000000690. The number of aliphatic carboxylic acids is 1. The lowest BCUT2D eigenvalue weighted by Crippen LogP contribution is -2.54. The van der Waals surface area contributed by atoms with Crippen LogP contribution < -0.4 is 11.3 Å². The highest BCUT2D eigenvalue weighted by molar-refractivity contribution is 7.45. The molecule has 11 heteroatoms. The van der Waals surface area contributed by atoms with Gasteiger partial charge < -0.3 is 30.0 Å². The van der Waals surface area contributed by atoms with Gasteiger partial charge in [-0.2, -0.15) is 0 Å². The number of hydrogen-bond donors (Lipinski definition) is 8. The maximum absolute atomic E-state index is 11.0. The fraction of sp³-hybridized carbons (Fsp3) is 0.300. The first-order chi connectivity index (χ1) is 9.39. The van der Waals surface area contributed by atoms with E-state index in [-0.39, 0.29) is 17.9 Å². The molecule has 0 spiro atoms. The number of phenolic OH excluding ortho intramolecular Hbond substituents is 2. The summed E-state index contributed by atoms with van der Waals surface area (Å²) in [6.45, 7) is 1.43. The Morgan fingerprint density at radius 3 is 2.10 bits per heavy atom. The zero-order valence-corrected chi connectivity index (χ0v) is 11.9. The second-order valence-electron chi connectivity index (χ2n) is 4.29. The molecule has 0 aliphatic heterocycles. The summed E-state index contributed by atoms with van der Waals surface area (Å²) in [5.74, 6) is 3.55. The molecular formula is C10H17N2O8P. The van der Waals surface area contributed by atoms with Crippen molar-refractivity contribution in [2.75, 3.05) is 0 Å². The van der Waals surface area contributed by atoms with Gasteiger partial charge in [0.05, 0.1) is 0 Å². The van der Waals surface area contributed by atoms with Gasteiger partial charge in [-0.3, -0.25) is 10.6 Å². The zero-order chi connectivity index (χ0) is 16.8. The summed E-state index contributed by atoms with van der Waals surface area (Å²) >= 11 is 0. The van der Waals surface area contributed by atoms with E-state index in [0.717, 1.165) is 0 Å². The predicted octanol–water partition coefficient (Wildman–Crippen LogP) is -0.982. The van der Waals surface area contributed by atoms with Crippen LogP contribution in [0.4, 0.5) is 0 Å². The molecule has 1 aromatic carbocycles. The van der Waals surface area contributed by atoms with Crippen molar-refractivity contribution in [3.8, 4) is 11.5 Å². The number of hydrogen-bond acceptors (Lipinski definition) is 6. The van der Waals surface area contributed by atoms with E-state index in [4.69, 9.17) is 35.3 Å². The third-order valence-electron chi connectivity index (χ3n) is 2.39. The molecule has 0 amide bonds. The van der Waals surface area contributed by atoms with Crippen molar-refractivity contribution in [1.29, 1.82) is 0 Å². The van der Waals surface area contributed by atoms with E-state index >= 15 is 0 Å². The molecule has 0 radical (unpaired) electrons. The Hall–Kier alpha value is -1.68. The van der Waals surface area contributed by atoms with Crippen molar-refractivity contribution >= 4 is 13.8 Å². The molecule has 0 saturated carbocycles. The van der Waals surface area contributed by atoms with E-state index in [2.05, 4.69) is 5.43 Å². The summed E-state index contributed by atoms with van der Waals surface area (Å²) in [7, 11) is -4.64. The van der Waals surface area contributed by atoms with Crippen LogP contribution in [0, 0.1) is 0 Å². The fourth-order valence-electron chi connectivity index (χ4n) is 1.28. The number of hydrazine groups is 1. The summed E-state index contributed by atoms with van der Waals surface area (Å²) < 4.78 is 8.88. The van der Waals surface area contributed by atoms with E-state index in [0.29, 0.717) is 5.56 Å². The smallest absolute Gasteiger partial charge is 0.466 e. The Kier molecular flexibility index (Phi) is 6.77. The van der Waals surface area contributed by atoms with Gasteiger partial charge in [0.1, 0.15) is 5.54 Å². The molecule has 1 atom stereocenters. The molecule has 0 aromatic heterocycles. The SMILES string of the molecule is C[C@@](Cc1ccc(O)c(O)c1)(NN)C(=O)O.O=P(O)(O)O. The van der Waals surface area contributed by atoms with Gasteiger partial charge in [0, 0.05) is 6.42 Å². The third-order valence-corrected chi connectivity index (χ3v) is 2.39. The number of phosphoric acid groups is 1. The summed E-state index contributed by atoms with van der Waals surface area (Å²) in [6.07, 6.45) is 0.0900. The first-order valence-corrected chi connectivity index (χ1v) is 6.96. The number of carboxylic acids is 1. The van der Waals surface area contributed by atoms with Crippen LogP contribution >= 0.6 is 7.82 Å². The van der Waals surface area contributed by atoms with Crippen LogP contribution in [-0.4, -0.2) is 41.5 Å². The van der Waals surface area contributed by atoms with Crippen LogP contribution in [0.25, 0.3) is 0 Å². The highest BCUT2D eigenvalue weighted by Gasteiger charge is 2.32. The van der Waals surface area contributed by atoms with Crippen LogP contribution in [0.1, 0.15) is 12.5 Å². The lowest BCUT2D eigenvalue weighted by atomic mass is 9.93. The van der Waals surface area contributed by atoms with Gasteiger partial charge in [-0.05, 0) is 24.6 Å². The Morgan fingerprint density at radius 2 is 1.76 bits per heavy atom. The first kappa shape index (κ1) is 19.3. The monoisotopic (exact) mass is 324 g/mol. The fourth-order valence-corrected chi connectivity index (χ4v) is 1.28. The molecule has 1 aromatic rings. The van der Waals surface area contributed by atoms with Crippen molar-refractivity contribution in [2.24, 2.45) is 5.84 Å². The zero-order valence-electron chi connectivity index (χ0n) is 11.0. The van der Waals surface area contributed by atoms with Gasteiger partial charge in [-0.25, -0.2) is 9.99 Å². The lowest BCUT2D eigenvalue weighted by Gasteiger charge is -2.23. The molecule has 0 saturated heterocycles. The topological polar surface area (TPSA) is 194 Å². The summed E-state index contributed by atoms with van der Waals surface area (Å²) in [5, 5.41) is 27.3. The maximum atomic E-state index is 11.0. The highest BCUT2D eigenvalue weighted by Crippen LogP contribution is 2.27. The van der Waals surface area contributed by atoms with Gasteiger partial charge in [0.15, 0.2) is 11.5 Å². The van der Waals surface area contributed by atoms with E-state index in [9.17, 15) is 9.90 Å². The predicted molar refractivity (Wildman–Crippen MR) is 71.1 cm³/mol. The summed E-state index contributed by atoms with van der Waals surface area (Å²) in [5.41, 5.74) is 1.45. The lowest BCUT2D eigenvalue weighted by molar-refractivity contribution is -0.144. The van der Waals surface area contributed by atoms with Gasteiger partial charge in [0.25, 0.3) is 0 Å². The van der Waals surface area contributed by atoms with Gasteiger partial charge in [-0.15, -0.1) is 0 Å². The molecule has 0 aliphatic rings. The minimum Gasteiger partial charge on any atom is -0.504 e. The molecule has 1 rings (SSSR count). The van der Waals surface area contributed by atoms with E-state index in [1.165, 1.54) is 25.1 Å². The minimum atomic E-state index is -4.64. The number of nitrogens with one attached hydrogen (secondary N) is 1. The Bertz CT molecular complexity index is 538. The molecule has 0 fully saturated rings. The third kappa shape index (κ3) is 7.61. The van der Waals surface area contributed by atoms with Crippen molar-refractivity contribution in [3.05, 3.63) is 23.8 Å². The van der Waals surface area contributed by atoms with Gasteiger partial charge >= 0.3 is 13.8 Å². The number of aromatic hydroxyl groups is 2. The van der Waals surface area contributed by atoms with Crippen molar-refractivity contribution < 1.29 is 39.4 Å². The molecule has 0 bridgehead atoms. The first-order valence-electron chi connectivity index (χ1n) is 5.39. The van der Waals surface area contributed by atoms with Crippen molar-refractivity contribution in [3.63, 3.8) is 0 Å². The maximum Gasteiger partial charge on any atom is 0.466 e. The molecule has 0 aliphatic carbocycles. The summed E-state index contributed by atoms with van der Waals surface area (Å²) in [6, 6.07) is 4.12. The van der Waals surface area contributed by atoms with E-state index in [1.54, 1.807) is 0 Å². The quantitative estimate of drug-likeness (QED) is 0.147. The van der Waals surface area contributed by atoms with Crippen LogP contribution in [0.5, 0.6) is 11.5 Å². The van der Waals surface area contributed by atoms with Gasteiger partial charge in [0.2, 0.25) is 0 Å². The number of benzene rings is 1. The standard InChI is InChI=1S/C10H14N2O4.H3O4P/c1-10(12-11,9(15)16)5-6-2-3-7(13)8(14)4-6;1-5(2,3)4/h2-4,12-14H,5,11H2,1H3,(H,15,16);(H3,1,2,3,4)/t10-;/m0./s1. The Labute approximate surface area is 119 Å². The Morgan fingerprint density at radius 1 is 1.29 bits per heavy atom. The largest absolute Gasteiger partial charge is 0.504 e. The van der Waals surface area contributed by atoms with Crippen LogP contribution in [0.2, 0.25) is 0 Å². The van der Waals surface area contributed by atoms with Gasteiger partial charge in [-0.1, -0.05) is 6.07 Å². The average molecular weight is 324 g/mol. The number of phenols is 2. The molecule has 0 unspecified atom stereocenters. The average Bonchev–Trinajstić information content (AvgIpc) is 2.31. The number of carboxylic acid groups (broad SMARTS) is 1. The summed E-state index contributed by atoms with van der Waals surface area (Å²) in [4.78, 5) is 32.5. The normalized spacial score (nSPS) is 13.8. The van der Waals surface area contributed by atoms with Crippen LogP contribution in [-0.2, 0) is 15.8 Å². The second-order valence-corrected chi connectivity index (χ2v) is 5.32. The molecule has 10 nitrogen and oxygen atoms in total. The highest BCUT2D eigenvalue weighted by atomic mass is 31.2. The van der Waals surface area contributed by atoms with E-state index < -0.39 is 19.3 Å². The second kappa shape index (κ2) is 7.36. The van der Waals surface area contributed by atoms with Crippen molar-refractivity contribution in [2.45, 2.75) is 18.9 Å². The number of carbonyl (C=O) groups is 1. The molecular weight excluding hydrogens is 307 g/mol. The molecule has 120 valence electrons. The number of rotatable bonds is 4. The van der Waals surface area contributed by atoms with Crippen molar-refractivity contribution in [1.82, 2.24) is 5.43 Å². The van der Waals surface area contributed by atoms with E-state index in [1.807, 2.05) is 0 Å². The molecule has 9 N–H and O–H groups in total. The number of nitrogens with two attached hydrogens (primary N) is 1. The van der Waals surface area contributed by atoms with Crippen LogP contribution in [0.15, 0.2) is 18.2 Å². The van der Waals surface area contributed by atoms with Crippen LogP contribution in [0.3, 0.4) is 0 Å². The molecule has 0 heterocycles. The molecule has 21 heavy (non-hydrogen) atoms.